The zero-order valence-electron chi connectivity index (χ0n) is 17.7. The molecule has 2 amide bonds. The smallest absolute Gasteiger partial charge is 0.332 e. The van der Waals surface area contributed by atoms with E-state index in [0.29, 0.717) is 25.9 Å². The van der Waals surface area contributed by atoms with Crippen molar-refractivity contribution in [1.82, 2.24) is 15.5 Å². The summed E-state index contributed by atoms with van der Waals surface area (Å²) in [6.45, 7) is 3.32. The number of carbonyl (C=O) groups excluding carboxylic acids is 3. The Labute approximate surface area is 173 Å². The molecule has 0 aromatic heterocycles. The van der Waals surface area contributed by atoms with Crippen LogP contribution in [0.5, 0.6) is 0 Å². The third-order valence-electron chi connectivity index (χ3n) is 6.46. The van der Waals surface area contributed by atoms with Gasteiger partial charge in [-0.3, -0.25) is 9.59 Å². The minimum atomic E-state index is -0.981. The van der Waals surface area contributed by atoms with Gasteiger partial charge in [0.25, 0.3) is 0 Å². The number of ether oxygens (including phenoxy) is 1. The van der Waals surface area contributed by atoms with Crippen molar-refractivity contribution in [2.24, 2.45) is 11.8 Å². The summed E-state index contributed by atoms with van der Waals surface area (Å²) in [6.07, 6.45) is 11.0. The number of nitrogens with one attached hydrogen (secondary N) is 2. The Morgan fingerprint density at radius 3 is 2.86 bits per heavy atom. The number of nitrogens with zero attached hydrogens (tertiary/aromatic N) is 1. The molecule has 162 valence electrons. The lowest BCUT2D eigenvalue weighted by Gasteiger charge is -2.29. The molecule has 1 aliphatic carbocycles. The monoisotopic (exact) mass is 405 g/mol. The zero-order valence-corrected chi connectivity index (χ0v) is 17.7. The molecule has 29 heavy (non-hydrogen) atoms. The van der Waals surface area contributed by atoms with Gasteiger partial charge in [-0.05, 0) is 46.1 Å². The van der Waals surface area contributed by atoms with E-state index in [-0.39, 0.29) is 36.2 Å². The van der Waals surface area contributed by atoms with Crippen LogP contribution < -0.4 is 10.6 Å². The Hall–Kier alpha value is -1.89. The highest BCUT2D eigenvalue weighted by molar-refractivity contribution is 5.95. The molecule has 0 radical (unpaired) electrons. The third kappa shape index (κ3) is 4.82. The molecule has 2 aliphatic heterocycles. The van der Waals surface area contributed by atoms with Gasteiger partial charge in [-0.25, -0.2) is 4.79 Å². The maximum atomic E-state index is 13.4. The molecule has 2 N–H and O–H groups in total. The van der Waals surface area contributed by atoms with Crippen molar-refractivity contribution in [3.05, 3.63) is 12.2 Å². The summed E-state index contributed by atoms with van der Waals surface area (Å²) in [4.78, 5) is 40.7. The van der Waals surface area contributed by atoms with Crippen molar-refractivity contribution < 1.29 is 19.1 Å². The van der Waals surface area contributed by atoms with Gasteiger partial charge in [0.2, 0.25) is 11.8 Å². The highest BCUT2D eigenvalue weighted by Gasteiger charge is 2.62. The lowest BCUT2D eigenvalue weighted by atomic mass is 9.98. The van der Waals surface area contributed by atoms with Gasteiger partial charge in [-0.1, -0.05) is 25.0 Å². The van der Waals surface area contributed by atoms with E-state index in [9.17, 15) is 14.4 Å². The van der Waals surface area contributed by atoms with Gasteiger partial charge in [0.1, 0.15) is 11.6 Å². The second-order valence-electron chi connectivity index (χ2n) is 8.51. The minimum Gasteiger partial charge on any atom is -0.464 e. The number of amides is 2. The standard InChI is InChI=1S/C22H35N3O4/c1-3-29-21(28)22-14-17(22)10-8-6-4-5-7-9-11-18(26)25-13-12-16(15-23-2)19(25)20(27)24-22/h8,10,16-17,19,23H,3-7,9,11-15H2,1-2H3,(H,24,27). The fraction of sp³-hybridized carbons (Fsp3) is 0.773. The molecule has 4 atom stereocenters. The molecule has 2 heterocycles. The van der Waals surface area contributed by atoms with E-state index in [1.165, 1.54) is 0 Å². The summed E-state index contributed by atoms with van der Waals surface area (Å²) >= 11 is 0. The lowest BCUT2D eigenvalue weighted by Crippen LogP contribution is -2.55. The van der Waals surface area contributed by atoms with Gasteiger partial charge >= 0.3 is 5.97 Å². The van der Waals surface area contributed by atoms with Crippen molar-refractivity contribution in [2.45, 2.75) is 69.9 Å². The number of hydrogen-bond donors (Lipinski definition) is 2. The maximum Gasteiger partial charge on any atom is 0.332 e. The van der Waals surface area contributed by atoms with E-state index >= 15 is 0 Å². The van der Waals surface area contributed by atoms with Crippen LogP contribution in [0.3, 0.4) is 0 Å². The fourth-order valence-corrected chi connectivity index (χ4v) is 4.77. The van der Waals surface area contributed by atoms with E-state index in [2.05, 4.69) is 22.8 Å². The summed E-state index contributed by atoms with van der Waals surface area (Å²) in [7, 11) is 1.86. The minimum absolute atomic E-state index is 0.0380. The van der Waals surface area contributed by atoms with Crippen molar-refractivity contribution in [3.63, 3.8) is 0 Å². The van der Waals surface area contributed by atoms with Crippen LogP contribution in [0.4, 0.5) is 0 Å². The normalized spacial score (nSPS) is 33.2. The summed E-state index contributed by atoms with van der Waals surface area (Å²) in [6, 6.07) is -0.531. The first-order chi connectivity index (χ1) is 14.0. The number of allylic oxidation sites excluding steroid dienone is 1. The highest BCUT2D eigenvalue weighted by atomic mass is 16.5. The molecule has 0 aromatic carbocycles. The van der Waals surface area contributed by atoms with Crippen LogP contribution in [0.2, 0.25) is 0 Å². The van der Waals surface area contributed by atoms with Crippen LogP contribution in [-0.4, -0.2) is 61.0 Å². The topological polar surface area (TPSA) is 87.7 Å². The Morgan fingerprint density at radius 1 is 1.31 bits per heavy atom. The number of hydrogen-bond acceptors (Lipinski definition) is 5. The van der Waals surface area contributed by atoms with Crippen molar-refractivity contribution in [2.75, 3.05) is 26.7 Å². The largest absolute Gasteiger partial charge is 0.464 e. The van der Waals surface area contributed by atoms with Gasteiger partial charge in [-0.15, -0.1) is 0 Å². The maximum absolute atomic E-state index is 13.4. The van der Waals surface area contributed by atoms with Crippen molar-refractivity contribution in [3.8, 4) is 0 Å². The van der Waals surface area contributed by atoms with Crippen LogP contribution >= 0.6 is 0 Å². The van der Waals surface area contributed by atoms with Crippen LogP contribution in [0.1, 0.15) is 58.3 Å². The average molecular weight is 406 g/mol. The molecule has 7 heteroatoms. The Morgan fingerprint density at radius 2 is 2.10 bits per heavy atom. The SMILES string of the molecule is CCOC(=O)C12CC1C=CCCCCCCC(=O)N1CCC(CNC)C1C(=O)N2. The van der Waals surface area contributed by atoms with Gasteiger partial charge < -0.3 is 20.3 Å². The fourth-order valence-electron chi connectivity index (χ4n) is 4.77. The molecule has 1 saturated carbocycles. The molecule has 3 aliphatic rings. The molecule has 0 spiro atoms. The van der Waals surface area contributed by atoms with E-state index in [4.69, 9.17) is 4.74 Å². The molecule has 0 aromatic rings. The first kappa shape index (κ1) is 21.8. The molecular formula is C22H35N3O4. The number of rotatable bonds is 4. The van der Waals surface area contributed by atoms with E-state index < -0.39 is 11.6 Å². The predicted molar refractivity (Wildman–Crippen MR) is 110 cm³/mol. The van der Waals surface area contributed by atoms with Gasteiger partial charge in [0.15, 0.2) is 0 Å². The average Bonchev–Trinajstić information content (AvgIpc) is 3.22. The molecule has 3 rings (SSSR count). The number of fused-ring (bicyclic) bond motifs is 2. The zero-order chi connectivity index (χ0) is 20.9. The predicted octanol–water partition coefficient (Wildman–Crippen LogP) is 1.77. The van der Waals surface area contributed by atoms with Gasteiger partial charge in [0.05, 0.1) is 6.61 Å². The molecule has 4 unspecified atom stereocenters. The summed E-state index contributed by atoms with van der Waals surface area (Å²) in [5.74, 6) is -0.534. The van der Waals surface area contributed by atoms with E-state index in [1.54, 1.807) is 11.8 Å². The second-order valence-corrected chi connectivity index (χ2v) is 8.51. The number of esters is 1. The van der Waals surface area contributed by atoms with Crippen LogP contribution in [0, 0.1) is 11.8 Å². The van der Waals surface area contributed by atoms with Crippen LogP contribution in [0.25, 0.3) is 0 Å². The quantitative estimate of drug-likeness (QED) is 0.550. The molecule has 1 saturated heterocycles. The summed E-state index contributed by atoms with van der Waals surface area (Å²) in [5, 5.41) is 6.16. The van der Waals surface area contributed by atoms with Crippen LogP contribution in [-0.2, 0) is 19.1 Å². The Bertz CT molecular complexity index is 650. The molecular weight excluding hydrogens is 370 g/mol. The highest BCUT2D eigenvalue weighted by Crippen LogP contribution is 2.46. The molecule has 0 bridgehead atoms. The number of carbonyl (C=O) groups is 3. The Kier molecular flexibility index (Phi) is 7.33. The van der Waals surface area contributed by atoms with Crippen molar-refractivity contribution in [1.29, 1.82) is 0 Å². The Balaban J connectivity index is 1.85. The lowest BCUT2D eigenvalue weighted by molar-refractivity contribution is -0.150. The van der Waals surface area contributed by atoms with Gasteiger partial charge in [0, 0.05) is 31.3 Å². The molecule has 2 fully saturated rings. The van der Waals surface area contributed by atoms with Gasteiger partial charge in [-0.2, -0.15) is 0 Å². The first-order valence-electron chi connectivity index (χ1n) is 11.1. The molecule has 7 nitrogen and oxygen atoms in total. The van der Waals surface area contributed by atoms with Crippen LogP contribution in [0.15, 0.2) is 12.2 Å². The first-order valence-corrected chi connectivity index (χ1v) is 11.1. The second kappa shape index (κ2) is 9.74. The summed E-state index contributed by atoms with van der Waals surface area (Å²) in [5.41, 5.74) is -0.981. The summed E-state index contributed by atoms with van der Waals surface area (Å²) < 4.78 is 5.29. The van der Waals surface area contributed by atoms with Crippen molar-refractivity contribution >= 4 is 17.8 Å². The van der Waals surface area contributed by atoms with E-state index in [1.807, 2.05) is 7.05 Å². The van der Waals surface area contributed by atoms with E-state index in [0.717, 1.165) is 38.5 Å². The third-order valence-corrected chi connectivity index (χ3v) is 6.46.